The molecule has 0 unspecified atom stereocenters. The smallest absolute Gasteiger partial charge is 0.273 e. The summed E-state index contributed by atoms with van der Waals surface area (Å²) in [7, 11) is 0. The Morgan fingerprint density at radius 2 is 1.82 bits per heavy atom. The van der Waals surface area contributed by atoms with E-state index in [2.05, 4.69) is 34.6 Å². The molecule has 1 aliphatic heterocycles. The molecule has 7 nitrogen and oxygen atoms in total. The molecule has 210 valence electrons. The second-order valence-corrected chi connectivity index (χ2v) is 11.5. The third-order valence-corrected chi connectivity index (χ3v) is 8.26. The second-order valence-electron chi connectivity index (χ2n) is 10.4. The molecule has 1 aliphatic rings. The summed E-state index contributed by atoms with van der Waals surface area (Å²) in [4.78, 5) is 28.9. The van der Waals surface area contributed by atoms with Crippen molar-refractivity contribution in [3.63, 3.8) is 0 Å². The van der Waals surface area contributed by atoms with Crippen molar-refractivity contribution in [3.05, 3.63) is 94.0 Å². The predicted octanol–water partition coefficient (Wildman–Crippen LogP) is 5.78. The van der Waals surface area contributed by atoms with Crippen LogP contribution in [0.15, 0.2) is 65.8 Å². The largest absolute Gasteiger partial charge is 0.396 e. The number of benzene rings is 3. The monoisotopic (exact) mass is 558 g/mol. The lowest BCUT2D eigenvalue weighted by Crippen LogP contribution is -2.33. The number of carbonyl (C=O) groups excluding carboxylic acids is 2. The van der Waals surface area contributed by atoms with Crippen LogP contribution in [0.25, 0.3) is 0 Å². The first kappa shape index (κ1) is 29.4. The number of nitrogens with zero attached hydrogens (tertiary/aromatic N) is 2. The lowest BCUT2D eigenvalue weighted by atomic mass is 9.98. The predicted molar refractivity (Wildman–Crippen MR) is 166 cm³/mol. The van der Waals surface area contributed by atoms with Crippen LogP contribution in [0.4, 0.5) is 11.4 Å². The van der Waals surface area contributed by atoms with Gasteiger partial charge in [-0.1, -0.05) is 37.3 Å². The summed E-state index contributed by atoms with van der Waals surface area (Å²) in [5.41, 5.74) is 9.14. The molecule has 1 heterocycles. The van der Waals surface area contributed by atoms with Crippen molar-refractivity contribution >= 4 is 41.2 Å². The van der Waals surface area contributed by atoms with Crippen LogP contribution in [-0.2, 0) is 5.75 Å². The van der Waals surface area contributed by atoms with Crippen LogP contribution in [0.3, 0.4) is 0 Å². The molecule has 3 aromatic carbocycles. The second kappa shape index (κ2) is 14.1. The first-order valence-electron chi connectivity index (χ1n) is 13.7. The quantitative estimate of drug-likeness (QED) is 0.167. The van der Waals surface area contributed by atoms with Gasteiger partial charge in [0.2, 0.25) is 0 Å². The Morgan fingerprint density at radius 1 is 1.02 bits per heavy atom. The van der Waals surface area contributed by atoms with Gasteiger partial charge in [0.05, 0.1) is 24.1 Å². The number of nitrogens with one attached hydrogen (secondary N) is 2. The molecular formula is C32H38N4O3S. The maximum Gasteiger partial charge on any atom is 0.273 e. The van der Waals surface area contributed by atoms with Gasteiger partial charge >= 0.3 is 0 Å². The van der Waals surface area contributed by atoms with E-state index in [-0.39, 0.29) is 12.5 Å². The number of hydrogen-bond donors (Lipinski definition) is 3. The Balaban J connectivity index is 1.55. The summed E-state index contributed by atoms with van der Waals surface area (Å²) >= 11 is 1.61. The number of hydrazone groups is 1. The van der Waals surface area contributed by atoms with Crippen molar-refractivity contribution in [1.82, 2.24) is 5.43 Å². The van der Waals surface area contributed by atoms with E-state index < -0.39 is 5.91 Å². The Kier molecular flexibility index (Phi) is 10.4. The number of aliphatic hydroxyl groups is 1. The molecule has 2 amide bonds. The van der Waals surface area contributed by atoms with Crippen LogP contribution < -0.4 is 15.6 Å². The van der Waals surface area contributed by atoms with E-state index in [0.29, 0.717) is 34.2 Å². The zero-order chi connectivity index (χ0) is 28.5. The van der Waals surface area contributed by atoms with Gasteiger partial charge in [-0.3, -0.25) is 9.59 Å². The first-order valence-corrected chi connectivity index (χ1v) is 14.9. The van der Waals surface area contributed by atoms with E-state index in [1.165, 1.54) is 5.56 Å². The summed E-state index contributed by atoms with van der Waals surface area (Å²) in [6.45, 7) is 8.34. The van der Waals surface area contributed by atoms with Gasteiger partial charge in [-0.2, -0.15) is 16.9 Å². The molecular weight excluding hydrogens is 520 g/mol. The molecule has 8 heteroatoms. The highest BCUT2D eigenvalue weighted by Gasteiger charge is 2.20. The van der Waals surface area contributed by atoms with E-state index in [1.54, 1.807) is 30.1 Å². The fourth-order valence-electron chi connectivity index (χ4n) is 4.61. The minimum absolute atomic E-state index is 0.122. The van der Waals surface area contributed by atoms with E-state index in [0.717, 1.165) is 48.3 Å². The molecule has 0 aliphatic carbocycles. The van der Waals surface area contributed by atoms with Gasteiger partial charge in [-0.25, -0.2) is 5.43 Å². The van der Waals surface area contributed by atoms with E-state index in [4.69, 9.17) is 5.11 Å². The number of piperidine rings is 1. The highest BCUT2D eigenvalue weighted by molar-refractivity contribution is 7.98. The van der Waals surface area contributed by atoms with Gasteiger partial charge in [0.25, 0.3) is 11.8 Å². The highest BCUT2D eigenvalue weighted by Crippen LogP contribution is 2.28. The van der Waals surface area contributed by atoms with E-state index in [9.17, 15) is 9.59 Å². The SMILES string of the molecule is Cc1ccc(/C=N/NC(=O)c2cc(N3CCC(C)CC3)ccc2NC(=O)c2cccc(CSCCO)c2)cc1C. The Morgan fingerprint density at radius 3 is 2.58 bits per heavy atom. The molecule has 0 spiro atoms. The summed E-state index contributed by atoms with van der Waals surface area (Å²) in [6.07, 6.45) is 3.83. The van der Waals surface area contributed by atoms with Gasteiger partial charge in [0.15, 0.2) is 0 Å². The standard InChI is InChI=1S/C32H38N4O3S/c1-22-11-13-36(14-12-22)28-9-10-30(34-31(38)27-6-4-5-26(18-27)21-40-16-15-37)29(19-28)32(39)35-33-20-25-8-7-23(2)24(3)17-25/h4-10,17-20,22,37H,11-16,21H2,1-3H3,(H,34,38)(H,35,39)/b33-20+. The minimum atomic E-state index is -0.392. The molecule has 3 N–H and O–H groups in total. The summed E-state index contributed by atoms with van der Waals surface area (Å²) in [6, 6.07) is 19.0. The zero-order valence-corrected chi connectivity index (χ0v) is 24.3. The molecule has 40 heavy (non-hydrogen) atoms. The number of thioether (sulfide) groups is 1. The lowest BCUT2D eigenvalue weighted by Gasteiger charge is -2.32. The average molecular weight is 559 g/mol. The number of amides is 2. The number of aryl methyl sites for hydroxylation is 2. The molecule has 0 radical (unpaired) electrons. The van der Waals surface area contributed by atoms with Crippen molar-refractivity contribution in [3.8, 4) is 0 Å². The summed E-state index contributed by atoms with van der Waals surface area (Å²) in [5.74, 6) is 1.35. The maximum atomic E-state index is 13.4. The van der Waals surface area contributed by atoms with E-state index in [1.807, 2.05) is 55.5 Å². The zero-order valence-electron chi connectivity index (χ0n) is 23.4. The molecule has 4 rings (SSSR count). The number of aliphatic hydroxyl groups excluding tert-OH is 1. The fraction of sp³-hybridized carbons (Fsp3) is 0.344. The molecule has 1 fully saturated rings. The lowest BCUT2D eigenvalue weighted by molar-refractivity contribution is 0.0956. The topological polar surface area (TPSA) is 94.0 Å². The number of rotatable bonds is 10. The maximum absolute atomic E-state index is 13.4. The highest BCUT2D eigenvalue weighted by atomic mass is 32.2. The van der Waals surface area contributed by atoms with Gasteiger partial charge in [0, 0.05) is 35.8 Å². The van der Waals surface area contributed by atoms with Crippen LogP contribution in [0.2, 0.25) is 0 Å². The molecule has 3 aromatic rings. The normalized spacial score (nSPS) is 13.9. The summed E-state index contributed by atoms with van der Waals surface area (Å²) < 4.78 is 0. The summed E-state index contributed by atoms with van der Waals surface area (Å²) in [5, 5.41) is 16.2. The van der Waals surface area contributed by atoms with Crippen LogP contribution in [0.1, 0.15) is 62.7 Å². The van der Waals surface area contributed by atoms with Crippen LogP contribution >= 0.6 is 11.8 Å². The van der Waals surface area contributed by atoms with Gasteiger partial charge < -0.3 is 15.3 Å². The van der Waals surface area contributed by atoms with Crippen LogP contribution in [0.5, 0.6) is 0 Å². The average Bonchev–Trinajstić information content (AvgIpc) is 2.96. The van der Waals surface area contributed by atoms with Crippen molar-refractivity contribution in [2.24, 2.45) is 11.0 Å². The fourth-order valence-corrected chi connectivity index (χ4v) is 5.30. The molecule has 0 atom stereocenters. The third-order valence-electron chi connectivity index (χ3n) is 7.25. The third kappa shape index (κ3) is 7.96. The molecule has 0 saturated carbocycles. The van der Waals surface area contributed by atoms with Gasteiger partial charge in [-0.15, -0.1) is 0 Å². The van der Waals surface area contributed by atoms with Crippen LogP contribution in [-0.4, -0.2) is 48.6 Å². The molecule has 1 saturated heterocycles. The number of hydrogen-bond acceptors (Lipinski definition) is 6. The van der Waals surface area contributed by atoms with E-state index >= 15 is 0 Å². The Hall–Kier alpha value is -3.62. The Labute approximate surface area is 241 Å². The van der Waals surface area contributed by atoms with Crippen LogP contribution in [0, 0.1) is 19.8 Å². The van der Waals surface area contributed by atoms with Gasteiger partial charge in [0.1, 0.15) is 0 Å². The molecule has 0 bridgehead atoms. The minimum Gasteiger partial charge on any atom is -0.396 e. The number of carbonyl (C=O) groups is 2. The first-order chi connectivity index (χ1) is 19.3. The van der Waals surface area contributed by atoms with Crippen molar-refractivity contribution in [1.29, 1.82) is 0 Å². The number of anilines is 2. The van der Waals surface area contributed by atoms with Gasteiger partial charge in [-0.05, 0) is 85.2 Å². The molecule has 0 aromatic heterocycles. The van der Waals surface area contributed by atoms with Crippen molar-refractivity contribution < 1.29 is 14.7 Å². The Bertz CT molecular complexity index is 1370. The van der Waals surface area contributed by atoms with Crippen molar-refractivity contribution in [2.75, 3.05) is 35.7 Å². The van der Waals surface area contributed by atoms with Crippen molar-refractivity contribution in [2.45, 2.75) is 39.4 Å².